The Kier molecular flexibility index (Phi) is 4.21. The lowest BCUT2D eigenvalue weighted by molar-refractivity contribution is 0.154. The first-order valence-electron chi connectivity index (χ1n) is 8.85. The summed E-state index contributed by atoms with van der Waals surface area (Å²) in [6.07, 6.45) is 3.79. The molecule has 2 aliphatic heterocycles. The fraction of sp³-hybridized carbons (Fsp3) is 0.474. The van der Waals surface area contributed by atoms with E-state index in [1.807, 2.05) is 36.1 Å². The Labute approximate surface area is 147 Å². The van der Waals surface area contributed by atoms with E-state index in [0.29, 0.717) is 12.3 Å². The van der Waals surface area contributed by atoms with E-state index in [9.17, 15) is 4.79 Å². The second kappa shape index (κ2) is 6.52. The second-order valence-corrected chi connectivity index (χ2v) is 6.85. The smallest absolute Gasteiger partial charge is 0.321 e. The molecule has 0 saturated carbocycles. The van der Waals surface area contributed by atoms with E-state index in [2.05, 4.69) is 10.3 Å². The van der Waals surface area contributed by atoms with Gasteiger partial charge in [-0.2, -0.15) is 0 Å². The normalized spacial score (nSPS) is 22.7. The molecule has 1 aromatic carbocycles. The van der Waals surface area contributed by atoms with Gasteiger partial charge in [-0.1, -0.05) is 0 Å². The summed E-state index contributed by atoms with van der Waals surface area (Å²) in [7, 11) is 0. The summed E-state index contributed by atoms with van der Waals surface area (Å²) in [6, 6.07) is 7.52. The van der Waals surface area contributed by atoms with Crippen LogP contribution in [0.5, 0.6) is 5.75 Å². The van der Waals surface area contributed by atoms with E-state index in [4.69, 9.17) is 9.47 Å². The van der Waals surface area contributed by atoms with Crippen LogP contribution >= 0.6 is 0 Å². The second-order valence-electron chi connectivity index (χ2n) is 6.85. The van der Waals surface area contributed by atoms with Crippen molar-refractivity contribution in [2.24, 2.45) is 5.41 Å². The first-order chi connectivity index (χ1) is 12.2. The third kappa shape index (κ3) is 3.02. The highest BCUT2D eigenvalue weighted by Crippen LogP contribution is 2.38. The zero-order chi connectivity index (χ0) is 17.3. The van der Waals surface area contributed by atoms with Gasteiger partial charge in [0.2, 0.25) is 0 Å². The van der Waals surface area contributed by atoms with Crippen LogP contribution in [-0.4, -0.2) is 48.8 Å². The number of hydrogen-bond donors (Lipinski definition) is 1. The highest BCUT2D eigenvalue weighted by atomic mass is 16.5. The number of fused-ring (bicyclic) bond motifs is 1. The number of pyridine rings is 1. The fourth-order valence-electron chi connectivity index (χ4n) is 3.80. The number of amides is 2. The van der Waals surface area contributed by atoms with Gasteiger partial charge in [-0.3, -0.25) is 4.98 Å². The van der Waals surface area contributed by atoms with E-state index in [-0.39, 0.29) is 11.4 Å². The van der Waals surface area contributed by atoms with Crippen molar-refractivity contribution in [1.29, 1.82) is 0 Å². The summed E-state index contributed by atoms with van der Waals surface area (Å²) in [5.74, 6) is 0.784. The zero-order valence-electron chi connectivity index (χ0n) is 14.5. The molecule has 2 aromatic rings. The van der Waals surface area contributed by atoms with Gasteiger partial charge in [0.05, 0.1) is 24.4 Å². The molecule has 0 unspecified atom stereocenters. The summed E-state index contributed by atoms with van der Waals surface area (Å²) in [5, 5.41) is 3.94. The Morgan fingerprint density at radius 3 is 3.12 bits per heavy atom. The Morgan fingerprint density at radius 2 is 2.32 bits per heavy atom. The number of carbonyl (C=O) groups is 1. The minimum absolute atomic E-state index is 0.0695. The van der Waals surface area contributed by atoms with Gasteiger partial charge in [0.1, 0.15) is 5.75 Å². The van der Waals surface area contributed by atoms with Crippen molar-refractivity contribution in [2.75, 3.05) is 38.2 Å². The zero-order valence-corrected chi connectivity index (χ0v) is 14.5. The molecule has 4 rings (SSSR count). The molecule has 1 aromatic heterocycles. The molecule has 132 valence electrons. The van der Waals surface area contributed by atoms with Crippen molar-refractivity contribution in [3.8, 4) is 5.75 Å². The highest BCUT2D eigenvalue weighted by molar-refractivity contribution is 6.01. The summed E-state index contributed by atoms with van der Waals surface area (Å²) in [4.78, 5) is 19.1. The van der Waals surface area contributed by atoms with Gasteiger partial charge >= 0.3 is 6.03 Å². The van der Waals surface area contributed by atoms with E-state index < -0.39 is 0 Å². The number of aromatic nitrogens is 1. The number of nitrogens with one attached hydrogen (secondary N) is 1. The number of urea groups is 1. The van der Waals surface area contributed by atoms with Gasteiger partial charge in [0.25, 0.3) is 0 Å². The van der Waals surface area contributed by atoms with E-state index >= 15 is 0 Å². The third-order valence-electron chi connectivity index (χ3n) is 5.18. The van der Waals surface area contributed by atoms with Crippen molar-refractivity contribution in [2.45, 2.75) is 19.8 Å². The van der Waals surface area contributed by atoms with Gasteiger partial charge in [-0.15, -0.1) is 0 Å². The topological polar surface area (TPSA) is 63.7 Å². The minimum Gasteiger partial charge on any atom is -0.493 e. The molecular weight excluding hydrogens is 318 g/mol. The van der Waals surface area contributed by atoms with Crippen LogP contribution in [0.25, 0.3) is 10.9 Å². The molecule has 0 bridgehead atoms. The molecule has 6 nitrogen and oxygen atoms in total. The number of ether oxygens (including phenoxy) is 2. The summed E-state index contributed by atoms with van der Waals surface area (Å²) >= 11 is 0. The van der Waals surface area contributed by atoms with E-state index in [1.54, 1.807) is 6.20 Å². The van der Waals surface area contributed by atoms with Gasteiger partial charge in [0.15, 0.2) is 0 Å². The SMILES string of the molecule is CCOc1ccc(NC(=O)N2CC[C@]3(CCOC3)C2)c2ncccc12. The molecule has 0 aliphatic carbocycles. The predicted octanol–water partition coefficient (Wildman–Crippen LogP) is 3.28. The molecule has 3 heterocycles. The molecule has 25 heavy (non-hydrogen) atoms. The van der Waals surface area contributed by atoms with E-state index in [1.165, 1.54) is 0 Å². The average Bonchev–Trinajstić information content (AvgIpc) is 3.27. The third-order valence-corrected chi connectivity index (χ3v) is 5.18. The van der Waals surface area contributed by atoms with Gasteiger partial charge in [-0.05, 0) is 44.0 Å². The maximum absolute atomic E-state index is 12.7. The van der Waals surface area contributed by atoms with Crippen LogP contribution in [0, 0.1) is 5.41 Å². The van der Waals surface area contributed by atoms with Crippen LogP contribution in [0.15, 0.2) is 30.5 Å². The lowest BCUT2D eigenvalue weighted by atomic mass is 9.87. The Balaban J connectivity index is 1.55. The molecule has 1 atom stereocenters. The number of likely N-dealkylation sites (tertiary alicyclic amines) is 1. The monoisotopic (exact) mass is 341 g/mol. The number of hydrogen-bond acceptors (Lipinski definition) is 4. The van der Waals surface area contributed by atoms with Crippen molar-refractivity contribution in [1.82, 2.24) is 9.88 Å². The molecule has 0 radical (unpaired) electrons. The summed E-state index contributed by atoms with van der Waals surface area (Å²) < 4.78 is 11.2. The van der Waals surface area contributed by atoms with Gasteiger partial charge in [-0.25, -0.2) is 4.79 Å². The molecular formula is C19H23N3O3. The van der Waals surface area contributed by atoms with Crippen LogP contribution in [0.3, 0.4) is 0 Å². The van der Waals surface area contributed by atoms with Crippen LogP contribution in [0.1, 0.15) is 19.8 Å². The molecule has 1 N–H and O–H groups in total. The number of benzene rings is 1. The number of nitrogens with zero attached hydrogens (tertiary/aromatic N) is 2. The largest absolute Gasteiger partial charge is 0.493 e. The van der Waals surface area contributed by atoms with E-state index in [0.717, 1.165) is 55.8 Å². The minimum atomic E-state index is -0.0695. The van der Waals surface area contributed by atoms with Crippen molar-refractivity contribution < 1.29 is 14.3 Å². The van der Waals surface area contributed by atoms with Crippen molar-refractivity contribution in [3.05, 3.63) is 30.5 Å². The first kappa shape index (κ1) is 16.1. The van der Waals surface area contributed by atoms with Crippen LogP contribution in [0.2, 0.25) is 0 Å². The molecule has 2 amide bonds. The maximum Gasteiger partial charge on any atom is 0.321 e. The van der Waals surface area contributed by atoms with Crippen LogP contribution < -0.4 is 10.1 Å². The number of anilines is 1. The highest BCUT2D eigenvalue weighted by Gasteiger charge is 2.42. The quantitative estimate of drug-likeness (QED) is 0.930. The molecule has 6 heteroatoms. The first-order valence-corrected chi connectivity index (χ1v) is 8.85. The predicted molar refractivity (Wildman–Crippen MR) is 96.0 cm³/mol. The van der Waals surface area contributed by atoms with Gasteiger partial charge in [0, 0.05) is 36.7 Å². The summed E-state index contributed by atoms with van der Waals surface area (Å²) in [5.41, 5.74) is 1.63. The Morgan fingerprint density at radius 1 is 1.40 bits per heavy atom. The standard InChI is InChI=1S/C19H23N3O3/c1-2-25-16-6-5-15(17-14(16)4-3-9-20-17)21-18(23)22-10-7-19(12-22)8-11-24-13-19/h3-6,9H,2,7-8,10-13H2,1H3,(H,21,23)/t19-/m0/s1. The number of rotatable bonds is 3. The van der Waals surface area contributed by atoms with Gasteiger partial charge < -0.3 is 19.7 Å². The average molecular weight is 341 g/mol. The van der Waals surface area contributed by atoms with Crippen molar-refractivity contribution in [3.63, 3.8) is 0 Å². The molecule has 2 saturated heterocycles. The maximum atomic E-state index is 12.7. The van der Waals surface area contributed by atoms with Crippen LogP contribution in [0.4, 0.5) is 10.5 Å². The van der Waals surface area contributed by atoms with Crippen LogP contribution in [-0.2, 0) is 4.74 Å². The summed E-state index contributed by atoms with van der Waals surface area (Å²) in [6.45, 7) is 5.66. The lowest BCUT2D eigenvalue weighted by Crippen LogP contribution is -2.35. The number of carbonyl (C=O) groups excluding carboxylic acids is 1. The van der Waals surface area contributed by atoms with Crippen molar-refractivity contribution >= 4 is 22.6 Å². The lowest BCUT2D eigenvalue weighted by Gasteiger charge is -2.22. The Hall–Kier alpha value is -2.34. The Bertz CT molecular complexity index is 787. The molecule has 1 spiro atoms. The fourth-order valence-corrected chi connectivity index (χ4v) is 3.80. The molecule has 2 aliphatic rings. The molecule has 2 fully saturated rings.